The van der Waals surface area contributed by atoms with E-state index in [4.69, 9.17) is 5.73 Å². The monoisotopic (exact) mass is 207 g/mol. The Morgan fingerprint density at radius 3 is 2.73 bits per heavy atom. The van der Waals surface area contributed by atoms with E-state index < -0.39 is 11.2 Å². The molecule has 0 bridgehead atoms. The van der Waals surface area contributed by atoms with Crippen LogP contribution in [-0.2, 0) is 0 Å². The maximum absolute atomic E-state index is 13.5. The van der Waals surface area contributed by atoms with Gasteiger partial charge in [0.25, 0.3) is 0 Å². The minimum atomic E-state index is -0.464. The summed E-state index contributed by atoms with van der Waals surface area (Å²) < 4.78 is 13.5. The van der Waals surface area contributed by atoms with Gasteiger partial charge >= 0.3 is 0 Å². The van der Waals surface area contributed by atoms with Gasteiger partial charge in [-0.1, -0.05) is 11.6 Å². The molecule has 1 aliphatic rings. The summed E-state index contributed by atoms with van der Waals surface area (Å²) in [6, 6.07) is 4.61. The van der Waals surface area contributed by atoms with Gasteiger partial charge in [-0.3, -0.25) is 4.79 Å². The van der Waals surface area contributed by atoms with Crippen LogP contribution in [0.3, 0.4) is 0 Å². The molecule has 1 saturated carbocycles. The van der Waals surface area contributed by atoms with E-state index in [-0.39, 0.29) is 11.3 Å². The molecular weight excluding hydrogens is 193 g/mol. The Morgan fingerprint density at radius 1 is 1.53 bits per heavy atom. The lowest BCUT2D eigenvalue weighted by molar-refractivity contribution is 0.0901. The van der Waals surface area contributed by atoms with Crippen molar-refractivity contribution in [2.24, 2.45) is 11.1 Å². The van der Waals surface area contributed by atoms with Gasteiger partial charge in [-0.05, 0) is 31.9 Å². The Balaban J connectivity index is 2.37. The van der Waals surface area contributed by atoms with E-state index in [0.717, 1.165) is 18.4 Å². The number of Topliss-reactive ketones (excluding diaryl/α,β-unsaturated/α-hetero) is 1. The zero-order valence-electron chi connectivity index (χ0n) is 8.72. The van der Waals surface area contributed by atoms with Crippen molar-refractivity contribution in [3.63, 3.8) is 0 Å². The van der Waals surface area contributed by atoms with Gasteiger partial charge in [0.2, 0.25) is 0 Å². The van der Waals surface area contributed by atoms with Gasteiger partial charge in [-0.15, -0.1) is 0 Å². The van der Waals surface area contributed by atoms with Crippen LogP contribution in [0.2, 0.25) is 0 Å². The van der Waals surface area contributed by atoms with Gasteiger partial charge in [0.15, 0.2) is 5.78 Å². The molecule has 0 heterocycles. The SMILES string of the molecule is Cc1ccc(F)c(C(=O)C2(CN)CC2)c1. The molecule has 0 amide bonds. The largest absolute Gasteiger partial charge is 0.329 e. The molecule has 2 N–H and O–H groups in total. The highest BCUT2D eigenvalue weighted by molar-refractivity contribution is 6.02. The molecule has 0 aliphatic heterocycles. The Kier molecular flexibility index (Phi) is 2.35. The molecule has 0 saturated heterocycles. The second-order valence-corrected chi connectivity index (χ2v) is 4.30. The van der Waals surface area contributed by atoms with E-state index in [9.17, 15) is 9.18 Å². The van der Waals surface area contributed by atoms with Crippen molar-refractivity contribution in [3.8, 4) is 0 Å². The van der Waals surface area contributed by atoms with Gasteiger partial charge in [0, 0.05) is 12.0 Å². The van der Waals surface area contributed by atoms with Crippen LogP contribution in [0.5, 0.6) is 0 Å². The number of hydrogen-bond acceptors (Lipinski definition) is 2. The summed E-state index contributed by atoms with van der Waals surface area (Å²) in [5.41, 5.74) is 6.18. The fraction of sp³-hybridized carbons (Fsp3) is 0.417. The maximum atomic E-state index is 13.5. The lowest BCUT2D eigenvalue weighted by Crippen LogP contribution is -2.26. The molecule has 0 unspecified atom stereocenters. The lowest BCUT2D eigenvalue weighted by atomic mass is 9.93. The number of benzene rings is 1. The van der Waals surface area contributed by atoms with Crippen molar-refractivity contribution in [3.05, 3.63) is 35.1 Å². The molecule has 1 aliphatic carbocycles. The number of rotatable bonds is 3. The molecule has 2 rings (SSSR count). The first-order chi connectivity index (χ1) is 7.09. The Morgan fingerprint density at radius 2 is 2.20 bits per heavy atom. The van der Waals surface area contributed by atoms with E-state index in [1.807, 2.05) is 6.92 Å². The number of carbonyl (C=O) groups is 1. The summed E-state index contributed by atoms with van der Waals surface area (Å²) in [6.45, 7) is 2.16. The van der Waals surface area contributed by atoms with Gasteiger partial charge in [-0.25, -0.2) is 4.39 Å². The lowest BCUT2D eigenvalue weighted by Gasteiger charge is -2.11. The maximum Gasteiger partial charge on any atom is 0.173 e. The fourth-order valence-electron chi connectivity index (χ4n) is 1.77. The molecule has 0 spiro atoms. The van der Waals surface area contributed by atoms with E-state index in [0.29, 0.717) is 6.54 Å². The van der Waals surface area contributed by atoms with Crippen LogP contribution in [0.1, 0.15) is 28.8 Å². The number of halogens is 1. The minimum Gasteiger partial charge on any atom is -0.329 e. The Hall–Kier alpha value is -1.22. The van der Waals surface area contributed by atoms with Crippen LogP contribution in [0.4, 0.5) is 4.39 Å². The third-order valence-corrected chi connectivity index (χ3v) is 3.09. The molecular formula is C12H14FNO. The summed E-state index contributed by atoms with van der Waals surface area (Å²) in [4.78, 5) is 12.0. The van der Waals surface area contributed by atoms with E-state index in [1.54, 1.807) is 12.1 Å². The number of ketones is 1. The van der Waals surface area contributed by atoms with Crippen molar-refractivity contribution in [1.82, 2.24) is 0 Å². The van der Waals surface area contributed by atoms with E-state index >= 15 is 0 Å². The third kappa shape index (κ3) is 1.67. The zero-order chi connectivity index (χ0) is 11.1. The Bertz CT molecular complexity index is 410. The van der Waals surface area contributed by atoms with Crippen LogP contribution in [-0.4, -0.2) is 12.3 Å². The molecule has 15 heavy (non-hydrogen) atoms. The van der Waals surface area contributed by atoms with Gasteiger partial charge in [0.1, 0.15) is 5.82 Å². The smallest absolute Gasteiger partial charge is 0.173 e. The fourth-order valence-corrected chi connectivity index (χ4v) is 1.77. The molecule has 0 radical (unpaired) electrons. The number of aryl methyl sites for hydroxylation is 1. The average Bonchev–Trinajstić information content (AvgIpc) is 3.01. The van der Waals surface area contributed by atoms with Crippen molar-refractivity contribution in [2.45, 2.75) is 19.8 Å². The normalized spacial score (nSPS) is 17.5. The van der Waals surface area contributed by atoms with Crippen LogP contribution < -0.4 is 5.73 Å². The first kappa shape index (κ1) is 10.3. The summed E-state index contributed by atoms with van der Waals surface area (Å²) in [5, 5.41) is 0. The first-order valence-electron chi connectivity index (χ1n) is 5.10. The van der Waals surface area contributed by atoms with E-state index in [1.165, 1.54) is 6.07 Å². The molecule has 2 nitrogen and oxygen atoms in total. The minimum absolute atomic E-state index is 0.133. The third-order valence-electron chi connectivity index (χ3n) is 3.09. The van der Waals surface area contributed by atoms with Crippen LogP contribution >= 0.6 is 0 Å². The highest BCUT2D eigenvalue weighted by Crippen LogP contribution is 2.47. The molecule has 1 fully saturated rings. The van der Waals surface area contributed by atoms with Gasteiger partial charge in [0.05, 0.1) is 5.56 Å². The zero-order valence-corrected chi connectivity index (χ0v) is 8.72. The average molecular weight is 207 g/mol. The molecule has 80 valence electrons. The molecule has 1 aromatic carbocycles. The van der Waals surface area contributed by atoms with Crippen molar-refractivity contribution < 1.29 is 9.18 Å². The first-order valence-corrected chi connectivity index (χ1v) is 5.10. The predicted octanol–water partition coefficient (Wildman–Crippen LogP) is 2.06. The summed E-state index contributed by atoms with van der Waals surface area (Å²) in [6.07, 6.45) is 1.57. The quantitative estimate of drug-likeness (QED) is 0.771. The van der Waals surface area contributed by atoms with Gasteiger partial charge < -0.3 is 5.73 Å². The standard InChI is InChI=1S/C12H14FNO/c1-8-2-3-10(13)9(6-8)11(15)12(7-14)4-5-12/h2-3,6H,4-5,7,14H2,1H3. The van der Waals surface area contributed by atoms with Crippen molar-refractivity contribution >= 4 is 5.78 Å². The number of carbonyl (C=O) groups excluding carboxylic acids is 1. The molecule has 3 heteroatoms. The number of hydrogen-bond donors (Lipinski definition) is 1. The topological polar surface area (TPSA) is 43.1 Å². The van der Waals surface area contributed by atoms with Crippen LogP contribution in [0, 0.1) is 18.2 Å². The van der Waals surface area contributed by atoms with Crippen molar-refractivity contribution in [1.29, 1.82) is 0 Å². The van der Waals surface area contributed by atoms with Gasteiger partial charge in [-0.2, -0.15) is 0 Å². The van der Waals surface area contributed by atoms with Crippen LogP contribution in [0.15, 0.2) is 18.2 Å². The predicted molar refractivity (Wildman–Crippen MR) is 56.2 cm³/mol. The summed E-state index contributed by atoms with van der Waals surface area (Å²) >= 11 is 0. The summed E-state index contributed by atoms with van der Waals surface area (Å²) in [7, 11) is 0. The van der Waals surface area contributed by atoms with Crippen LogP contribution in [0.25, 0.3) is 0 Å². The Labute approximate surface area is 88.3 Å². The second-order valence-electron chi connectivity index (χ2n) is 4.30. The molecule has 1 aromatic rings. The van der Waals surface area contributed by atoms with Crippen molar-refractivity contribution in [2.75, 3.05) is 6.54 Å². The summed E-state index contributed by atoms with van der Waals surface area (Å²) in [5.74, 6) is -0.573. The highest BCUT2D eigenvalue weighted by atomic mass is 19.1. The highest BCUT2D eigenvalue weighted by Gasteiger charge is 2.49. The molecule has 0 atom stereocenters. The molecule has 0 aromatic heterocycles. The second kappa shape index (κ2) is 3.42. The van der Waals surface area contributed by atoms with E-state index in [2.05, 4.69) is 0 Å². The number of nitrogens with two attached hydrogens (primary N) is 1.